The van der Waals surface area contributed by atoms with E-state index >= 15 is 0 Å². The zero-order chi connectivity index (χ0) is 25.8. The molecule has 2 aromatic heterocycles. The molecule has 1 aliphatic rings. The van der Waals surface area contributed by atoms with Crippen molar-refractivity contribution in [1.29, 1.82) is 5.26 Å². The Morgan fingerprint density at radius 3 is 2.78 bits per heavy atom. The third kappa shape index (κ3) is 5.75. The van der Waals surface area contributed by atoms with E-state index in [-0.39, 0.29) is 23.5 Å². The van der Waals surface area contributed by atoms with Crippen molar-refractivity contribution in [3.63, 3.8) is 0 Å². The summed E-state index contributed by atoms with van der Waals surface area (Å²) in [5, 5.41) is 14.8. The van der Waals surface area contributed by atoms with Crippen LogP contribution in [-0.2, 0) is 4.74 Å². The van der Waals surface area contributed by atoms with Crippen LogP contribution in [0.3, 0.4) is 0 Å². The van der Waals surface area contributed by atoms with Crippen molar-refractivity contribution in [2.24, 2.45) is 5.92 Å². The van der Waals surface area contributed by atoms with Gasteiger partial charge in [-0.25, -0.2) is 14.8 Å². The molecule has 0 spiro atoms. The van der Waals surface area contributed by atoms with E-state index in [0.29, 0.717) is 28.5 Å². The Bertz CT molecular complexity index is 1400. The van der Waals surface area contributed by atoms with Crippen LogP contribution >= 0.6 is 11.6 Å². The lowest BCUT2D eigenvalue weighted by Crippen LogP contribution is -2.32. The zero-order valence-electron chi connectivity index (χ0n) is 20.0. The summed E-state index contributed by atoms with van der Waals surface area (Å²) in [7, 11) is 1.54. The van der Waals surface area contributed by atoms with Crippen molar-refractivity contribution in [2.45, 2.75) is 32.7 Å². The predicted octanol–water partition coefficient (Wildman–Crippen LogP) is 4.73. The number of anilines is 3. The van der Waals surface area contributed by atoms with Crippen molar-refractivity contribution < 1.29 is 14.3 Å². The zero-order valence-corrected chi connectivity index (χ0v) is 20.8. The molecule has 1 aromatic carbocycles. The van der Waals surface area contributed by atoms with Gasteiger partial charge in [0.2, 0.25) is 5.88 Å². The third-order valence-corrected chi connectivity index (χ3v) is 6.03. The van der Waals surface area contributed by atoms with Crippen LogP contribution in [0.4, 0.5) is 22.0 Å². The molecule has 0 aliphatic heterocycles. The van der Waals surface area contributed by atoms with Gasteiger partial charge in [0.1, 0.15) is 11.8 Å². The molecule has 1 amide bonds. The highest BCUT2D eigenvalue weighted by Crippen LogP contribution is 2.39. The fourth-order valence-electron chi connectivity index (χ4n) is 3.86. The van der Waals surface area contributed by atoms with Gasteiger partial charge in [0.15, 0.2) is 5.82 Å². The van der Waals surface area contributed by atoms with Crippen molar-refractivity contribution >= 4 is 34.9 Å². The molecule has 1 atom stereocenters. The van der Waals surface area contributed by atoms with Crippen LogP contribution in [0.1, 0.15) is 35.7 Å². The van der Waals surface area contributed by atoms with E-state index in [0.717, 1.165) is 18.4 Å². The Balaban J connectivity index is 1.54. The van der Waals surface area contributed by atoms with Crippen LogP contribution in [0.25, 0.3) is 0 Å². The Hall–Kier alpha value is -4.10. The number of hydrogen-bond acceptors (Lipinski definition) is 8. The van der Waals surface area contributed by atoms with Gasteiger partial charge in [-0.2, -0.15) is 5.26 Å². The van der Waals surface area contributed by atoms with Gasteiger partial charge in [-0.1, -0.05) is 17.7 Å². The number of ether oxygens (including phenoxy) is 2. The number of nitriles is 1. The smallest absolute Gasteiger partial charge is 0.411 e. The van der Waals surface area contributed by atoms with Crippen molar-refractivity contribution in [3.05, 3.63) is 68.9 Å². The van der Waals surface area contributed by atoms with E-state index < -0.39 is 17.7 Å². The van der Waals surface area contributed by atoms with Gasteiger partial charge in [0.25, 0.3) is 5.56 Å². The summed E-state index contributed by atoms with van der Waals surface area (Å²) >= 11 is 6.28. The van der Waals surface area contributed by atoms with Crippen LogP contribution in [0.2, 0.25) is 5.15 Å². The Kier molecular flexibility index (Phi) is 7.41. The Morgan fingerprint density at radius 1 is 1.31 bits per heavy atom. The van der Waals surface area contributed by atoms with Crippen LogP contribution < -0.4 is 20.9 Å². The predicted molar refractivity (Wildman–Crippen MR) is 135 cm³/mol. The number of methoxy groups -OCH3 is 1. The molecule has 10 nitrogen and oxygen atoms in total. The van der Waals surface area contributed by atoms with Crippen molar-refractivity contribution in [2.75, 3.05) is 24.4 Å². The van der Waals surface area contributed by atoms with E-state index in [1.807, 2.05) is 19.1 Å². The molecule has 0 bridgehead atoms. The summed E-state index contributed by atoms with van der Waals surface area (Å²) in [6.45, 7) is 3.61. The minimum absolute atomic E-state index is 0.0314. The van der Waals surface area contributed by atoms with Crippen molar-refractivity contribution in [1.82, 2.24) is 14.5 Å². The fraction of sp³-hybridized carbons (Fsp3) is 0.320. The summed E-state index contributed by atoms with van der Waals surface area (Å²) < 4.78 is 12.2. The molecule has 1 aliphatic carbocycles. The monoisotopic (exact) mass is 508 g/mol. The first-order valence-corrected chi connectivity index (χ1v) is 11.7. The van der Waals surface area contributed by atoms with Gasteiger partial charge in [-0.3, -0.25) is 10.1 Å². The Morgan fingerprint density at radius 2 is 2.08 bits per heavy atom. The molecule has 36 heavy (non-hydrogen) atoms. The lowest BCUT2D eigenvalue weighted by molar-refractivity contribution is 0.135. The minimum atomic E-state index is -0.683. The lowest BCUT2D eigenvalue weighted by Gasteiger charge is -2.21. The number of aromatic nitrogens is 3. The number of carbonyl (C=O) groups is 1. The maximum absolute atomic E-state index is 13.4. The second-order valence-corrected chi connectivity index (χ2v) is 8.91. The van der Waals surface area contributed by atoms with Gasteiger partial charge < -0.3 is 19.4 Å². The number of nitrogens with zero attached hydrogens (tertiary/aromatic N) is 4. The summed E-state index contributed by atoms with van der Waals surface area (Å²) in [4.78, 5) is 34.4. The van der Waals surface area contributed by atoms with E-state index in [4.69, 9.17) is 26.3 Å². The lowest BCUT2D eigenvalue weighted by atomic mass is 10.2. The summed E-state index contributed by atoms with van der Waals surface area (Å²) in [6.07, 6.45) is 2.57. The SMILES string of the molecule is COc1nc(C)c(Nc2nc(Cl)cn([C@@H](COC(=O)Nc3cccc(C#N)c3)C3CC3)c2=O)cc1C. The largest absolute Gasteiger partial charge is 0.481 e. The summed E-state index contributed by atoms with van der Waals surface area (Å²) in [5.41, 5.74) is 2.49. The number of carbonyl (C=O) groups excluding carboxylic acids is 1. The first-order valence-electron chi connectivity index (χ1n) is 11.3. The van der Waals surface area contributed by atoms with Gasteiger partial charge in [-0.15, -0.1) is 0 Å². The number of aryl methyl sites for hydroxylation is 2. The molecule has 3 aromatic rings. The van der Waals surface area contributed by atoms with Crippen LogP contribution in [0, 0.1) is 31.1 Å². The molecular weight excluding hydrogens is 484 g/mol. The van der Waals surface area contributed by atoms with Gasteiger partial charge in [0, 0.05) is 17.4 Å². The molecule has 2 heterocycles. The van der Waals surface area contributed by atoms with Crippen LogP contribution in [0.5, 0.6) is 5.88 Å². The summed E-state index contributed by atoms with van der Waals surface area (Å²) in [5.74, 6) is 0.703. The number of benzene rings is 1. The van der Waals surface area contributed by atoms with E-state index in [1.54, 1.807) is 38.3 Å². The number of hydrogen-bond donors (Lipinski definition) is 2. The molecule has 1 fully saturated rings. The number of pyridine rings is 1. The van der Waals surface area contributed by atoms with Crippen molar-refractivity contribution in [3.8, 4) is 11.9 Å². The molecule has 4 rings (SSSR count). The number of amides is 1. The third-order valence-electron chi connectivity index (χ3n) is 5.85. The highest BCUT2D eigenvalue weighted by molar-refractivity contribution is 6.29. The quantitative estimate of drug-likeness (QED) is 0.446. The first kappa shape index (κ1) is 25.0. The average Bonchev–Trinajstić information content (AvgIpc) is 3.69. The minimum Gasteiger partial charge on any atom is -0.481 e. The molecule has 2 N–H and O–H groups in total. The van der Waals surface area contributed by atoms with Gasteiger partial charge >= 0.3 is 6.09 Å². The molecule has 0 saturated heterocycles. The topological polar surface area (TPSA) is 131 Å². The second kappa shape index (κ2) is 10.7. The second-order valence-electron chi connectivity index (χ2n) is 8.52. The average molecular weight is 509 g/mol. The van der Waals surface area contributed by atoms with E-state index in [9.17, 15) is 9.59 Å². The van der Waals surface area contributed by atoms with Gasteiger partial charge in [-0.05, 0) is 56.9 Å². The van der Waals surface area contributed by atoms with E-state index in [2.05, 4.69) is 20.6 Å². The van der Waals surface area contributed by atoms with Crippen LogP contribution in [-0.4, -0.2) is 34.3 Å². The standard InChI is InChI=1S/C25H25ClN6O4/c1-14-9-19(15(2)28-23(14)35-3)30-22-24(33)32(12-21(26)31-22)20(17-7-8-17)13-36-25(34)29-18-6-4-5-16(10-18)11-27/h4-6,9-10,12,17,20H,7-8,13H2,1-3H3,(H,29,34)(H,30,31)/t20-/m0/s1. The highest BCUT2D eigenvalue weighted by Gasteiger charge is 2.35. The number of rotatable bonds is 8. The molecule has 0 unspecified atom stereocenters. The molecule has 0 radical (unpaired) electrons. The first-order chi connectivity index (χ1) is 17.3. The van der Waals surface area contributed by atoms with Crippen LogP contribution in [0.15, 0.2) is 41.3 Å². The highest BCUT2D eigenvalue weighted by atomic mass is 35.5. The molecule has 11 heteroatoms. The molecule has 1 saturated carbocycles. The maximum Gasteiger partial charge on any atom is 0.411 e. The number of nitrogens with one attached hydrogen (secondary N) is 2. The molecular formula is C25H25ClN6O4. The Labute approximate surface area is 212 Å². The molecule has 186 valence electrons. The van der Waals surface area contributed by atoms with Gasteiger partial charge in [0.05, 0.1) is 36.2 Å². The van der Waals surface area contributed by atoms with E-state index in [1.165, 1.54) is 10.8 Å². The summed E-state index contributed by atoms with van der Waals surface area (Å²) in [6, 6.07) is 9.92. The fourth-order valence-corrected chi connectivity index (χ4v) is 4.05. The normalized spacial score (nSPS) is 13.4. The number of halogens is 1. The maximum atomic E-state index is 13.4.